The average Bonchev–Trinajstić information content (AvgIpc) is 3.33. The SMILES string of the molecule is CC1(C)O[C@H]2O[C@@H]([C@H](O)COC(c3ccccc3)(c3ccccc3)c3ccccc3)[C@H](O)[C@H]2O1. The van der Waals surface area contributed by atoms with Gasteiger partial charge in [0, 0.05) is 0 Å². The number of benzene rings is 3. The largest absolute Gasteiger partial charge is 0.388 e. The highest BCUT2D eigenvalue weighted by Gasteiger charge is 2.56. The summed E-state index contributed by atoms with van der Waals surface area (Å²) in [5.41, 5.74) is 1.81. The Morgan fingerprint density at radius 1 is 0.824 bits per heavy atom. The molecule has 178 valence electrons. The van der Waals surface area contributed by atoms with Crippen molar-refractivity contribution in [3.8, 4) is 0 Å². The van der Waals surface area contributed by atoms with E-state index in [0.717, 1.165) is 16.7 Å². The van der Waals surface area contributed by atoms with E-state index in [2.05, 4.69) is 0 Å². The van der Waals surface area contributed by atoms with Crippen LogP contribution in [0.1, 0.15) is 30.5 Å². The molecule has 0 aliphatic carbocycles. The Bertz CT molecular complexity index is 975. The third kappa shape index (κ3) is 4.18. The van der Waals surface area contributed by atoms with Crippen LogP contribution in [0.4, 0.5) is 0 Å². The Balaban J connectivity index is 1.46. The lowest BCUT2D eigenvalue weighted by Gasteiger charge is -2.37. The van der Waals surface area contributed by atoms with E-state index in [-0.39, 0.29) is 6.61 Å². The Labute approximate surface area is 199 Å². The molecule has 2 N–H and O–H groups in total. The van der Waals surface area contributed by atoms with Gasteiger partial charge < -0.3 is 29.2 Å². The molecule has 6 nitrogen and oxygen atoms in total. The number of aliphatic hydroxyl groups excluding tert-OH is 2. The molecule has 3 aromatic carbocycles. The van der Waals surface area contributed by atoms with Gasteiger partial charge in [-0.05, 0) is 30.5 Å². The minimum atomic E-state index is -1.11. The molecule has 0 radical (unpaired) electrons. The van der Waals surface area contributed by atoms with E-state index in [1.807, 2.05) is 91.0 Å². The quantitative estimate of drug-likeness (QED) is 0.523. The lowest BCUT2D eigenvalue weighted by molar-refractivity contribution is -0.230. The molecule has 2 saturated heterocycles. The van der Waals surface area contributed by atoms with Gasteiger partial charge in [-0.3, -0.25) is 0 Å². The van der Waals surface area contributed by atoms with Crippen molar-refractivity contribution in [1.29, 1.82) is 0 Å². The zero-order valence-electron chi connectivity index (χ0n) is 19.3. The molecule has 5 rings (SSSR count). The molecule has 0 aromatic heterocycles. The van der Waals surface area contributed by atoms with Gasteiger partial charge in [0.05, 0.1) is 6.61 Å². The molecule has 5 atom stereocenters. The highest BCUT2D eigenvalue weighted by molar-refractivity contribution is 5.47. The molecule has 3 aromatic rings. The smallest absolute Gasteiger partial charge is 0.190 e. The van der Waals surface area contributed by atoms with Gasteiger partial charge >= 0.3 is 0 Å². The summed E-state index contributed by atoms with van der Waals surface area (Å²) in [6, 6.07) is 29.8. The van der Waals surface area contributed by atoms with Gasteiger partial charge in [0.1, 0.15) is 30.0 Å². The van der Waals surface area contributed by atoms with Crippen molar-refractivity contribution in [1.82, 2.24) is 0 Å². The maximum Gasteiger partial charge on any atom is 0.190 e. The van der Waals surface area contributed by atoms with E-state index in [4.69, 9.17) is 18.9 Å². The van der Waals surface area contributed by atoms with Gasteiger partial charge in [0.25, 0.3) is 0 Å². The summed E-state index contributed by atoms with van der Waals surface area (Å²) in [5, 5.41) is 21.9. The molecule has 0 unspecified atom stereocenters. The van der Waals surface area contributed by atoms with Gasteiger partial charge in [0.15, 0.2) is 12.1 Å². The number of hydrogen-bond acceptors (Lipinski definition) is 6. The fraction of sp³-hybridized carbons (Fsp3) is 0.357. The van der Waals surface area contributed by atoms with Gasteiger partial charge in [0.2, 0.25) is 0 Å². The predicted molar refractivity (Wildman–Crippen MR) is 126 cm³/mol. The van der Waals surface area contributed by atoms with Crippen molar-refractivity contribution in [2.45, 2.75) is 55.9 Å². The number of fused-ring (bicyclic) bond motifs is 1. The molecule has 6 heteroatoms. The third-order valence-electron chi connectivity index (χ3n) is 6.44. The molecule has 0 spiro atoms. The second kappa shape index (κ2) is 9.23. The number of hydrogen-bond donors (Lipinski definition) is 2. The van der Waals surface area contributed by atoms with Crippen molar-refractivity contribution in [3.05, 3.63) is 108 Å². The summed E-state index contributed by atoms with van der Waals surface area (Å²) < 4.78 is 24.0. The van der Waals surface area contributed by atoms with Crippen molar-refractivity contribution in [2.24, 2.45) is 0 Å². The van der Waals surface area contributed by atoms with Crippen LogP contribution in [-0.2, 0) is 24.5 Å². The molecule has 34 heavy (non-hydrogen) atoms. The van der Waals surface area contributed by atoms with Crippen molar-refractivity contribution in [3.63, 3.8) is 0 Å². The number of rotatable bonds is 7. The van der Waals surface area contributed by atoms with Gasteiger partial charge in [-0.2, -0.15) is 0 Å². The molecule has 2 aliphatic rings. The van der Waals surface area contributed by atoms with Crippen LogP contribution < -0.4 is 0 Å². The summed E-state index contributed by atoms with van der Waals surface area (Å²) in [5.74, 6) is -0.841. The van der Waals surface area contributed by atoms with Crippen molar-refractivity contribution in [2.75, 3.05) is 6.61 Å². The van der Waals surface area contributed by atoms with Gasteiger partial charge in [-0.25, -0.2) is 0 Å². The van der Waals surface area contributed by atoms with Crippen LogP contribution in [0.2, 0.25) is 0 Å². The summed E-state index contributed by atoms with van der Waals surface area (Å²) >= 11 is 0. The standard InChI is InChI=1S/C28H30O6/c1-27(2)33-25-23(30)24(32-26(25)34-27)22(29)18-31-28(19-12-6-3-7-13-19,20-14-8-4-9-15-20)21-16-10-5-11-17-21/h3-17,22-26,29-30H,18H2,1-2H3/t22-,23+,24+,25-,26-/m1/s1. The van der Waals surface area contributed by atoms with E-state index >= 15 is 0 Å². The van der Waals surface area contributed by atoms with Crippen molar-refractivity contribution < 1.29 is 29.2 Å². The molecule has 2 aliphatic heterocycles. The maximum absolute atomic E-state index is 11.1. The zero-order valence-corrected chi connectivity index (χ0v) is 19.3. The second-order valence-electron chi connectivity index (χ2n) is 9.22. The van der Waals surface area contributed by atoms with Crippen molar-refractivity contribution >= 4 is 0 Å². The topological polar surface area (TPSA) is 77.4 Å². The van der Waals surface area contributed by atoms with Crippen LogP contribution in [0.25, 0.3) is 0 Å². The first-order chi connectivity index (χ1) is 16.4. The highest BCUT2D eigenvalue weighted by Crippen LogP contribution is 2.42. The van der Waals surface area contributed by atoms with E-state index in [0.29, 0.717) is 0 Å². The molecule has 2 fully saturated rings. The monoisotopic (exact) mass is 462 g/mol. The Hall–Kier alpha value is -2.58. The van der Waals surface area contributed by atoms with Gasteiger partial charge in [-0.1, -0.05) is 91.0 Å². The van der Waals surface area contributed by atoms with Gasteiger partial charge in [-0.15, -0.1) is 0 Å². The Morgan fingerprint density at radius 2 is 1.29 bits per heavy atom. The van der Waals surface area contributed by atoms with Crippen LogP contribution in [0.3, 0.4) is 0 Å². The lowest BCUT2D eigenvalue weighted by Crippen LogP contribution is -2.45. The highest BCUT2D eigenvalue weighted by atomic mass is 16.8. The molecule has 0 saturated carbocycles. The van der Waals surface area contributed by atoms with Crippen LogP contribution in [0.5, 0.6) is 0 Å². The molecule has 0 bridgehead atoms. The maximum atomic E-state index is 11.1. The third-order valence-corrected chi connectivity index (χ3v) is 6.44. The van der Waals surface area contributed by atoms with Crippen LogP contribution in [0, 0.1) is 0 Å². The molecular weight excluding hydrogens is 432 g/mol. The summed E-state index contributed by atoms with van der Waals surface area (Å²) in [6.45, 7) is 3.46. The second-order valence-corrected chi connectivity index (χ2v) is 9.22. The minimum absolute atomic E-state index is 0.0801. The Morgan fingerprint density at radius 3 is 1.74 bits per heavy atom. The first kappa shape index (κ1) is 23.2. The minimum Gasteiger partial charge on any atom is -0.388 e. The number of aliphatic hydroxyl groups is 2. The molecule has 2 heterocycles. The predicted octanol–water partition coefficient (Wildman–Crippen LogP) is 3.59. The first-order valence-electron chi connectivity index (χ1n) is 11.6. The van der Waals surface area contributed by atoms with Crippen LogP contribution >= 0.6 is 0 Å². The van der Waals surface area contributed by atoms with E-state index in [1.165, 1.54) is 0 Å². The average molecular weight is 463 g/mol. The molecular formula is C28H30O6. The summed E-state index contributed by atoms with van der Waals surface area (Å²) in [7, 11) is 0. The number of ether oxygens (including phenoxy) is 4. The fourth-order valence-electron chi connectivity index (χ4n) is 4.91. The first-order valence-corrected chi connectivity index (χ1v) is 11.6. The van der Waals surface area contributed by atoms with E-state index in [1.54, 1.807) is 13.8 Å². The van der Waals surface area contributed by atoms with E-state index in [9.17, 15) is 10.2 Å². The molecule has 0 amide bonds. The summed E-state index contributed by atoms with van der Waals surface area (Å²) in [4.78, 5) is 0. The van der Waals surface area contributed by atoms with Crippen LogP contribution in [0.15, 0.2) is 91.0 Å². The zero-order chi connectivity index (χ0) is 23.8. The Kier molecular flexibility index (Phi) is 6.29. The summed E-state index contributed by atoms with van der Waals surface area (Å²) in [6.07, 6.45) is -4.42. The lowest BCUT2D eigenvalue weighted by atomic mass is 9.80. The van der Waals surface area contributed by atoms with Crippen LogP contribution in [-0.4, -0.2) is 53.3 Å². The van der Waals surface area contributed by atoms with E-state index < -0.39 is 42.1 Å². The normalized spacial score (nSPS) is 26.8. The fourth-order valence-corrected chi connectivity index (χ4v) is 4.91.